The van der Waals surface area contributed by atoms with Crippen LogP contribution in [0.4, 0.5) is 10.5 Å². The van der Waals surface area contributed by atoms with Crippen molar-refractivity contribution in [2.45, 2.75) is 26.7 Å². The first-order valence-electron chi connectivity index (χ1n) is 10.1. The lowest BCUT2D eigenvalue weighted by atomic mass is 10.0. The van der Waals surface area contributed by atoms with E-state index in [9.17, 15) is 4.79 Å². The minimum absolute atomic E-state index is 0.0306. The number of ether oxygens (including phenoxy) is 1. The minimum atomic E-state index is 0.0306. The number of para-hydroxylation sites is 1. The Labute approximate surface area is 168 Å². The van der Waals surface area contributed by atoms with Gasteiger partial charge in [-0.3, -0.25) is 0 Å². The molecule has 1 fully saturated rings. The predicted octanol–water partition coefficient (Wildman–Crippen LogP) is 3.64. The highest BCUT2D eigenvalue weighted by atomic mass is 16.5. The third-order valence-electron chi connectivity index (χ3n) is 5.41. The SMILES string of the molecule is CCc1cccc(C)c1N1CCN(C(=O)NCCc2cccc(OC)c2)CC1. The number of piperazine rings is 1. The summed E-state index contributed by atoms with van der Waals surface area (Å²) in [5.74, 6) is 0.850. The molecule has 0 atom stereocenters. The van der Waals surface area contributed by atoms with Crippen LogP contribution in [-0.4, -0.2) is 50.8 Å². The van der Waals surface area contributed by atoms with Crippen molar-refractivity contribution in [2.24, 2.45) is 0 Å². The zero-order chi connectivity index (χ0) is 19.9. The Hall–Kier alpha value is -2.69. The van der Waals surface area contributed by atoms with Crippen LogP contribution in [-0.2, 0) is 12.8 Å². The van der Waals surface area contributed by atoms with Gasteiger partial charge in [-0.1, -0.05) is 37.3 Å². The van der Waals surface area contributed by atoms with Crippen LogP contribution in [0.25, 0.3) is 0 Å². The molecule has 0 unspecified atom stereocenters. The Bertz CT molecular complexity index is 798. The molecule has 5 heteroatoms. The van der Waals surface area contributed by atoms with Gasteiger partial charge in [-0.25, -0.2) is 4.79 Å². The minimum Gasteiger partial charge on any atom is -0.497 e. The van der Waals surface area contributed by atoms with Crippen LogP contribution in [0.15, 0.2) is 42.5 Å². The third kappa shape index (κ3) is 4.77. The Morgan fingerprint density at radius 2 is 1.86 bits per heavy atom. The monoisotopic (exact) mass is 381 g/mol. The molecule has 0 radical (unpaired) electrons. The number of hydrogen-bond acceptors (Lipinski definition) is 3. The number of carbonyl (C=O) groups is 1. The van der Waals surface area contributed by atoms with Crippen molar-refractivity contribution in [2.75, 3.05) is 44.7 Å². The number of aryl methyl sites for hydroxylation is 2. The molecule has 1 aliphatic rings. The molecule has 1 heterocycles. The first-order valence-corrected chi connectivity index (χ1v) is 10.1. The molecule has 0 aliphatic carbocycles. The fourth-order valence-electron chi connectivity index (χ4n) is 3.84. The quantitative estimate of drug-likeness (QED) is 0.831. The van der Waals surface area contributed by atoms with Crippen molar-refractivity contribution in [3.63, 3.8) is 0 Å². The van der Waals surface area contributed by atoms with E-state index in [1.54, 1.807) is 7.11 Å². The van der Waals surface area contributed by atoms with E-state index in [0.29, 0.717) is 6.54 Å². The van der Waals surface area contributed by atoms with Crippen molar-refractivity contribution >= 4 is 11.7 Å². The van der Waals surface area contributed by atoms with E-state index in [1.165, 1.54) is 16.8 Å². The number of amides is 2. The van der Waals surface area contributed by atoms with Crippen LogP contribution in [0.2, 0.25) is 0 Å². The first-order chi connectivity index (χ1) is 13.6. The average Bonchev–Trinajstić information content (AvgIpc) is 2.73. The summed E-state index contributed by atoms with van der Waals surface area (Å²) < 4.78 is 5.25. The number of nitrogens with zero attached hydrogens (tertiary/aromatic N) is 2. The Balaban J connectivity index is 1.49. The summed E-state index contributed by atoms with van der Waals surface area (Å²) in [7, 11) is 1.67. The van der Waals surface area contributed by atoms with Gasteiger partial charge in [-0.2, -0.15) is 0 Å². The molecule has 28 heavy (non-hydrogen) atoms. The second kappa shape index (κ2) is 9.49. The smallest absolute Gasteiger partial charge is 0.317 e. The van der Waals surface area contributed by atoms with E-state index >= 15 is 0 Å². The molecule has 2 amide bonds. The van der Waals surface area contributed by atoms with Gasteiger partial charge < -0.3 is 19.9 Å². The Morgan fingerprint density at radius 3 is 2.57 bits per heavy atom. The molecule has 0 spiro atoms. The van der Waals surface area contributed by atoms with E-state index in [-0.39, 0.29) is 6.03 Å². The van der Waals surface area contributed by atoms with Crippen LogP contribution in [0, 0.1) is 6.92 Å². The highest BCUT2D eigenvalue weighted by molar-refractivity contribution is 5.74. The van der Waals surface area contributed by atoms with Crippen LogP contribution >= 0.6 is 0 Å². The molecule has 5 nitrogen and oxygen atoms in total. The molecule has 0 bridgehead atoms. The van der Waals surface area contributed by atoms with Crippen LogP contribution in [0.1, 0.15) is 23.6 Å². The lowest BCUT2D eigenvalue weighted by Gasteiger charge is -2.37. The topological polar surface area (TPSA) is 44.8 Å². The van der Waals surface area contributed by atoms with Gasteiger partial charge in [0, 0.05) is 38.4 Å². The molecule has 0 aromatic heterocycles. The number of nitrogens with one attached hydrogen (secondary N) is 1. The summed E-state index contributed by atoms with van der Waals surface area (Å²) in [4.78, 5) is 16.9. The summed E-state index contributed by atoms with van der Waals surface area (Å²) in [6, 6.07) is 14.5. The second-order valence-electron chi connectivity index (χ2n) is 7.24. The number of anilines is 1. The van der Waals surface area contributed by atoms with Crippen LogP contribution < -0.4 is 15.0 Å². The third-order valence-corrected chi connectivity index (χ3v) is 5.41. The normalized spacial score (nSPS) is 14.1. The molecule has 0 saturated carbocycles. The number of carbonyl (C=O) groups excluding carboxylic acids is 1. The molecule has 2 aromatic rings. The molecule has 1 aliphatic heterocycles. The lowest BCUT2D eigenvalue weighted by molar-refractivity contribution is 0.194. The van der Waals surface area contributed by atoms with Gasteiger partial charge in [0.05, 0.1) is 7.11 Å². The highest BCUT2D eigenvalue weighted by Crippen LogP contribution is 2.26. The number of hydrogen-bond donors (Lipinski definition) is 1. The summed E-state index contributed by atoms with van der Waals surface area (Å²) in [5, 5.41) is 3.05. The number of urea groups is 1. The van der Waals surface area contributed by atoms with Gasteiger partial charge in [0.15, 0.2) is 0 Å². The first kappa shape index (κ1) is 20.1. The van der Waals surface area contributed by atoms with Gasteiger partial charge in [0.1, 0.15) is 5.75 Å². The zero-order valence-corrected chi connectivity index (χ0v) is 17.2. The zero-order valence-electron chi connectivity index (χ0n) is 17.2. The Kier molecular flexibility index (Phi) is 6.80. The van der Waals surface area contributed by atoms with Crippen molar-refractivity contribution in [3.8, 4) is 5.75 Å². The van der Waals surface area contributed by atoms with Gasteiger partial charge in [0.25, 0.3) is 0 Å². The van der Waals surface area contributed by atoms with Crippen molar-refractivity contribution in [1.82, 2.24) is 10.2 Å². The molecule has 1 saturated heterocycles. The number of benzene rings is 2. The molecule has 150 valence electrons. The van der Waals surface area contributed by atoms with Crippen LogP contribution in [0.3, 0.4) is 0 Å². The van der Waals surface area contributed by atoms with E-state index in [1.807, 2.05) is 23.1 Å². The highest BCUT2D eigenvalue weighted by Gasteiger charge is 2.23. The maximum atomic E-state index is 12.5. The maximum Gasteiger partial charge on any atom is 0.317 e. The fraction of sp³-hybridized carbons (Fsp3) is 0.435. The Morgan fingerprint density at radius 1 is 1.11 bits per heavy atom. The lowest BCUT2D eigenvalue weighted by Crippen LogP contribution is -2.52. The molecular weight excluding hydrogens is 350 g/mol. The summed E-state index contributed by atoms with van der Waals surface area (Å²) in [5.41, 5.74) is 5.21. The fourth-order valence-corrected chi connectivity index (χ4v) is 3.84. The van der Waals surface area contributed by atoms with Gasteiger partial charge in [0.2, 0.25) is 0 Å². The van der Waals surface area contributed by atoms with Crippen molar-refractivity contribution in [1.29, 1.82) is 0 Å². The second-order valence-corrected chi connectivity index (χ2v) is 7.24. The number of methoxy groups -OCH3 is 1. The number of rotatable bonds is 6. The van der Waals surface area contributed by atoms with E-state index in [0.717, 1.165) is 50.3 Å². The summed E-state index contributed by atoms with van der Waals surface area (Å²) in [6.45, 7) is 8.26. The molecule has 3 rings (SSSR count). The predicted molar refractivity (Wildman–Crippen MR) is 114 cm³/mol. The van der Waals surface area contributed by atoms with Crippen molar-refractivity contribution in [3.05, 3.63) is 59.2 Å². The standard InChI is InChI=1S/C23H31N3O2/c1-4-20-9-5-7-18(2)22(20)25-13-15-26(16-14-25)23(27)24-12-11-19-8-6-10-21(17-19)28-3/h5-10,17H,4,11-16H2,1-3H3,(H,24,27). The molecular formula is C23H31N3O2. The van der Waals surface area contributed by atoms with E-state index in [2.05, 4.69) is 48.3 Å². The maximum absolute atomic E-state index is 12.5. The van der Waals surface area contributed by atoms with Crippen molar-refractivity contribution < 1.29 is 9.53 Å². The molecule has 2 aromatic carbocycles. The van der Waals surface area contributed by atoms with E-state index < -0.39 is 0 Å². The van der Waals surface area contributed by atoms with E-state index in [4.69, 9.17) is 4.74 Å². The van der Waals surface area contributed by atoms with Gasteiger partial charge in [-0.15, -0.1) is 0 Å². The molecule has 1 N–H and O–H groups in total. The van der Waals surface area contributed by atoms with Crippen LogP contribution in [0.5, 0.6) is 5.75 Å². The average molecular weight is 382 g/mol. The summed E-state index contributed by atoms with van der Waals surface area (Å²) >= 11 is 0. The van der Waals surface area contributed by atoms with Gasteiger partial charge >= 0.3 is 6.03 Å². The summed E-state index contributed by atoms with van der Waals surface area (Å²) in [6.07, 6.45) is 1.83. The van der Waals surface area contributed by atoms with Gasteiger partial charge in [-0.05, 0) is 48.6 Å². The largest absolute Gasteiger partial charge is 0.497 e.